The SMILES string of the molecule is c1ccc(-c2nc(-c3ccccc3)nc(-c3ccc(-c4ccc(-c5c6ccc7ccccc7c6nc6c5ccc5ccccc56)cc4)cc3)n2)cc1. The number of hydrogen-bond donors (Lipinski definition) is 0. The van der Waals surface area contributed by atoms with E-state index in [1.807, 2.05) is 60.7 Å². The van der Waals surface area contributed by atoms with Gasteiger partial charge in [0.15, 0.2) is 17.5 Å². The van der Waals surface area contributed by atoms with E-state index >= 15 is 0 Å². The van der Waals surface area contributed by atoms with Crippen molar-refractivity contribution in [3.05, 3.63) is 182 Å². The Hall–Kier alpha value is -7.04. The van der Waals surface area contributed by atoms with Gasteiger partial charge in [0, 0.05) is 43.8 Å². The molecule has 0 fully saturated rings. The topological polar surface area (TPSA) is 51.6 Å². The van der Waals surface area contributed by atoms with E-state index in [1.165, 1.54) is 16.3 Å². The van der Waals surface area contributed by atoms with E-state index in [4.69, 9.17) is 19.9 Å². The van der Waals surface area contributed by atoms with Crippen LogP contribution in [0.25, 0.3) is 99.8 Å². The Bertz CT molecular complexity index is 2770. The number of pyridine rings is 1. The van der Waals surface area contributed by atoms with Gasteiger partial charge in [-0.25, -0.2) is 19.9 Å². The van der Waals surface area contributed by atoms with Crippen molar-refractivity contribution >= 4 is 43.4 Å². The van der Waals surface area contributed by atoms with Gasteiger partial charge in [-0.1, -0.05) is 182 Å². The Labute approximate surface area is 300 Å². The summed E-state index contributed by atoms with van der Waals surface area (Å²) in [5.41, 5.74) is 9.53. The van der Waals surface area contributed by atoms with Crippen LogP contribution in [0.2, 0.25) is 0 Å². The molecule has 8 aromatic carbocycles. The van der Waals surface area contributed by atoms with Gasteiger partial charge in [-0.15, -0.1) is 0 Å². The van der Waals surface area contributed by atoms with Gasteiger partial charge in [0.2, 0.25) is 0 Å². The lowest BCUT2D eigenvalue weighted by Gasteiger charge is -2.15. The lowest BCUT2D eigenvalue weighted by molar-refractivity contribution is 1.07. The fourth-order valence-corrected chi connectivity index (χ4v) is 7.30. The van der Waals surface area contributed by atoms with Gasteiger partial charge in [-0.3, -0.25) is 0 Å². The van der Waals surface area contributed by atoms with Crippen molar-refractivity contribution < 1.29 is 0 Å². The van der Waals surface area contributed by atoms with Gasteiger partial charge in [0.1, 0.15) is 0 Å². The highest BCUT2D eigenvalue weighted by molar-refractivity contribution is 6.21. The first kappa shape index (κ1) is 29.8. The lowest BCUT2D eigenvalue weighted by atomic mass is 9.91. The van der Waals surface area contributed by atoms with Crippen LogP contribution in [0, 0.1) is 0 Å². The Morgan fingerprint density at radius 2 is 0.596 bits per heavy atom. The fraction of sp³-hybridized carbons (Fsp3) is 0. The standard InChI is InChI=1S/C48H30N4/c1-3-13-36(14-4-1)46-50-47(37-15-5-2-6-16-37)52-48(51-46)38-25-21-32(22-26-38)31-19-23-35(24-20-31)43-41-29-27-33-11-7-9-17-39(33)44(41)49-45-40-18-10-8-12-34(40)28-30-42(43)45/h1-30H. The summed E-state index contributed by atoms with van der Waals surface area (Å²) in [6, 6.07) is 63.5. The average molecular weight is 663 g/mol. The number of benzene rings is 8. The summed E-state index contributed by atoms with van der Waals surface area (Å²) in [4.78, 5) is 20.0. The first-order chi connectivity index (χ1) is 25.8. The van der Waals surface area contributed by atoms with Crippen LogP contribution in [0.3, 0.4) is 0 Å². The maximum Gasteiger partial charge on any atom is 0.164 e. The second-order valence-corrected chi connectivity index (χ2v) is 13.0. The number of rotatable bonds is 5. The molecule has 10 aromatic rings. The maximum absolute atomic E-state index is 5.35. The zero-order chi connectivity index (χ0) is 34.4. The van der Waals surface area contributed by atoms with E-state index in [2.05, 4.69) is 121 Å². The summed E-state index contributed by atoms with van der Waals surface area (Å²) in [5, 5.41) is 7.02. The summed E-state index contributed by atoms with van der Waals surface area (Å²) in [6.07, 6.45) is 0. The molecule has 0 unspecified atom stereocenters. The Morgan fingerprint density at radius 1 is 0.231 bits per heavy atom. The predicted octanol–water partition coefficient (Wildman–Crippen LogP) is 12.2. The van der Waals surface area contributed by atoms with Crippen LogP contribution in [0.15, 0.2) is 182 Å². The Kier molecular flexibility index (Phi) is 7.10. The Morgan fingerprint density at radius 3 is 1.06 bits per heavy atom. The van der Waals surface area contributed by atoms with Crippen molar-refractivity contribution in [2.75, 3.05) is 0 Å². The normalized spacial score (nSPS) is 11.5. The van der Waals surface area contributed by atoms with Gasteiger partial charge in [0.25, 0.3) is 0 Å². The van der Waals surface area contributed by atoms with E-state index in [-0.39, 0.29) is 0 Å². The third kappa shape index (κ3) is 5.17. The van der Waals surface area contributed by atoms with E-state index in [0.29, 0.717) is 17.5 Å². The number of nitrogens with zero attached hydrogens (tertiary/aromatic N) is 4. The van der Waals surface area contributed by atoms with Crippen LogP contribution < -0.4 is 0 Å². The van der Waals surface area contributed by atoms with Gasteiger partial charge in [0.05, 0.1) is 11.0 Å². The van der Waals surface area contributed by atoms with Gasteiger partial charge in [-0.2, -0.15) is 0 Å². The average Bonchev–Trinajstić information content (AvgIpc) is 3.23. The largest absolute Gasteiger partial charge is 0.246 e. The zero-order valence-corrected chi connectivity index (χ0v) is 28.1. The summed E-state index contributed by atoms with van der Waals surface area (Å²) >= 11 is 0. The van der Waals surface area contributed by atoms with Gasteiger partial charge >= 0.3 is 0 Å². The van der Waals surface area contributed by atoms with Crippen LogP contribution in [0.4, 0.5) is 0 Å². The molecule has 0 amide bonds. The second kappa shape index (κ2) is 12.4. The number of fused-ring (bicyclic) bond motifs is 6. The minimum atomic E-state index is 0.645. The van der Waals surface area contributed by atoms with Gasteiger partial charge < -0.3 is 0 Å². The van der Waals surface area contributed by atoms with E-state index < -0.39 is 0 Å². The highest BCUT2D eigenvalue weighted by Gasteiger charge is 2.16. The molecule has 4 heteroatoms. The molecule has 0 radical (unpaired) electrons. The van der Waals surface area contributed by atoms with Gasteiger partial charge in [-0.05, 0) is 27.5 Å². The molecular weight excluding hydrogens is 633 g/mol. The van der Waals surface area contributed by atoms with Crippen molar-refractivity contribution in [3.63, 3.8) is 0 Å². The molecule has 0 aliphatic carbocycles. The monoisotopic (exact) mass is 662 g/mol. The van der Waals surface area contributed by atoms with Crippen LogP contribution in [0.5, 0.6) is 0 Å². The third-order valence-electron chi connectivity index (χ3n) is 9.91. The smallest absolute Gasteiger partial charge is 0.164 e. The van der Waals surface area contributed by atoms with Crippen molar-refractivity contribution in [1.82, 2.24) is 19.9 Å². The summed E-state index contributed by atoms with van der Waals surface area (Å²) in [6.45, 7) is 0. The minimum absolute atomic E-state index is 0.645. The molecule has 0 bridgehead atoms. The molecule has 0 N–H and O–H groups in total. The molecule has 52 heavy (non-hydrogen) atoms. The molecule has 0 spiro atoms. The molecule has 10 rings (SSSR count). The van der Waals surface area contributed by atoms with Crippen molar-refractivity contribution in [3.8, 4) is 56.4 Å². The molecule has 4 nitrogen and oxygen atoms in total. The van der Waals surface area contributed by atoms with Crippen LogP contribution in [-0.2, 0) is 0 Å². The molecule has 0 atom stereocenters. The zero-order valence-electron chi connectivity index (χ0n) is 28.1. The van der Waals surface area contributed by atoms with E-state index in [0.717, 1.165) is 66.0 Å². The highest BCUT2D eigenvalue weighted by Crippen LogP contribution is 2.40. The lowest BCUT2D eigenvalue weighted by Crippen LogP contribution is -2.00. The van der Waals surface area contributed by atoms with Crippen molar-refractivity contribution in [2.45, 2.75) is 0 Å². The molecule has 0 saturated heterocycles. The molecule has 242 valence electrons. The number of hydrogen-bond acceptors (Lipinski definition) is 4. The second-order valence-electron chi connectivity index (χ2n) is 13.0. The fourth-order valence-electron chi connectivity index (χ4n) is 7.30. The molecular formula is C48H30N4. The maximum atomic E-state index is 5.35. The first-order valence-electron chi connectivity index (χ1n) is 17.5. The summed E-state index contributed by atoms with van der Waals surface area (Å²) in [5.74, 6) is 1.95. The van der Waals surface area contributed by atoms with Crippen LogP contribution >= 0.6 is 0 Å². The first-order valence-corrected chi connectivity index (χ1v) is 17.5. The number of aromatic nitrogens is 4. The molecule has 2 aromatic heterocycles. The van der Waals surface area contributed by atoms with Crippen LogP contribution in [0.1, 0.15) is 0 Å². The molecule has 0 saturated carbocycles. The Balaban J connectivity index is 1.05. The third-order valence-corrected chi connectivity index (χ3v) is 9.91. The molecule has 0 aliphatic rings. The van der Waals surface area contributed by atoms with E-state index in [9.17, 15) is 0 Å². The quantitative estimate of drug-likeness (QED) is 0.136. The van der Waals surface area contributed by atoms with Crippen molar-refractivity contribution in [2.24, 2.45) is 0 Å². The highest BCUT2D eigenvalue weighted by atomic mass is 15.0. The molecule has 2 heterocycles. The predicted molar refractivity (Wildman–Crippen MR) is 215 cm³/mol. The summed E-state index contributed by atoms with van der Waals surface area (Å²) in [7, 11) is 0. The minimum Gasteiger partial charge on any atom is -0.246 e. The van der Waals surface area contributed by atoms with E-state index in [1.54, 1.807) is 0 Å². The molecule has 0 aliphatic heterocycles. The summed E-state index contributed by atoms with van der Waals surface area (Å²) < 4.78 is 0. The van der Waals surface area contributed by atoms with Crippen LogP contribution in [-0.4, -0.2) is 19.9 Å². The van der Waals surface area contributed by atoms with Crippen molar-refractivity contribution in [1.29, 1.82) is 0 Å².